The zero-order chi connectivity index (χ0) is 24.8. The fourth-order valence-electron chi connectivity index (χ4n) is 4.65. The van der Waals surface area contributed by atoms with Gasteiger partial charge in [0.2, 0.25) is 5.95 Å². The fourth-order valence-corrected chi connectivity index (χ4v) is 4.65. The number of hydrogen-bond acceptors (Lipinski definition) is 8. The number of nitrogens with zero attached hydrogens (tertiary/aromatic N) is 4. The van der Waals surface area contributed by atoms with Crippen LogP contribution in [0.4, 0.5) is 20.5 Å². The van der Waals surface area contributed by atoms with Crippen LogP contribution in [0, 0.1) is 11.8 Å². The number of alkyl halides is 2. The van der Waals surface area contributed by atoms with E-state index in [4.69, 9.17) is 0 Å². The number of likely N-dealkylation sites (tertiary alicyclic amines) is 1. The molecule has 1 amide bonds. The third kappa shape index (κ3) is 8.15. The predicted molar refractivity (Wildman–Crippen MR) is 128 cm³/mol. The molecule has 0 bridgehead atoms. The SMILES string of the molecule is C[C@@H](COC(F)F)Nc1ncc(C(=O)N[C@H]2CCN(CC3CC3)C2)c(N=CC2CCC(O)CC2)n1. The van der Waals surface area contributed by atoms with Crippen molar-refractivity contribution in [3.63, 3.8) is 0 Å². The number of anilines is 1. The smallest absolute Gasteiger partial charge is 0.345 e. The first-order valence-electron chi connectivity index (χ1n) is 12.6. The Hall–Kier alpha value is -2.24. The number of aromatic nitrogens is 2. The lowest BCUT2D eigenvalue weighted by Crippen LogP contribution is -2.37. The summed E-state index contributed by atoms with van der Waals surface area (Å²) in [6, 6.07) is -0.390. The average molecular weight is 495 g/mol. The number of rotatable bonds is 11. The highest BCUT2D eigenvalue weighted by Crippen LogP contribution is 2.31. The van der Waals surface area contributed by atoms with Gasteiger partial charge >= 0.3 is 6.61 Å². The molecule has 9 nitrogen and oxygen atoms in total. The molecule has 3 N–H and O–H groups in total. The van der Waals surface area contributed by atoms with Gasteiger partial charge in [0.15, 0.2) is 5.82 Å². The van der Waals surface area contributed by atoms with Crippen LogP contribution in [0.5, 0.6) is 0 Å². The maximum Gasteiger partial charge on any atom is 0.345 e. The first-order valence-corrected chi connectivity index (χ1v) is 12.6. The summed E-state index contributed by atoms with van der Waals surface area (Å²) in [6.45, 7) is 1.54. The van der Waals surface area contributed by atoms with Crippen molar-refractivity contribution in [1.82, 2.24) is 20.2 Å². The van der Waals surface area contributed by atoms with E-state index in [0.29, 0.717) is 0 Å². The quantitative estimate of drug-likeness (QED) is 0.406. The molecule has 2 atom stereocenters. The van der Waals surface area contributed by atoms with Gasteiger partial charge in [0, 0.05) is 44.1 Å². The van der Waals surface area contributed by atoms with E-state index in [-0.39, 0.29) is 47.9 Å². The van der Waals surface area contributed by atoms with Crippen molar-refractivity contribution in [3.8, 4) is 0 Å². The lowest BCUT2D eigenvalue weighted by Gasteiger charge is -2.22. The summed E-state index contributed by atoms with van der Waals surface area (Å²) in [5, 5.41) is 15.8. The van der Waals surface area contributed by atoms with Crippen molar-refractivity contribution in [2.24, 2.45) is 16.8 Å². The standard InChI is InChI=1S/C24H36F2N6O3/c1-15(14-35-23(25)26)29-24-28-11-20(21(31-24)27-10-16-4-6-19(33)7-5-16)22(34)30-18-8-9-32(13-18)12-17-2-3-17/h10-11,15-19,23,33H,2-9,12-14H2,1H3,(H,30,34)(H,28,29,31)/t15-,16?,18-,19?/m0/s1. The van der Waals surface area contributed by atoms with Gasteiger partial charge in [-0.15, -0.1) is 0 Å². The molecule has 3 aliphatic rings. The van der Waals surface area contributed by atoms with Crippen molar-refractivity contribution in [2.75, 3.05) is 31.6 Å². The van der Waals surface area contributed by atoms with Crippen molar-refractivity contribution in [3.05, 3.63) is 11.8 Å². The number of aliphatic hydroxyl groups is 1. The van der Waals surface area contributed by atoms with E-state index < -0.39 is 12.7 Å². The maximum absolute atomic E-state index is 13.1. The molecule has 194 valence electrons. The third-order valence-electron chi connectivity index (χ3n) is 6.83. The first-order chi connectivity index (χ1) is 16.9. The van der Waals surface area contributed by atoms with Crippen LogP contribution in [0.2, 0.25) is 0 Å². The Labute approximate surface area is 204 Å². The molecule has 0 unspecified atom stereocenters. The highest BCUT2D eigenvalue weighted by Gasteiger charge is 2.30. The number of carbonyl (C=O) groups is 1. The van der Waals surface area contributed by atoms with Gasteiger partial charge in [-0.1, -0.05) is 0 Å². The summed E-state index contributed by atoms with van der Waals surface area (Å²) in [5.74, 6) is 1.17. The summed E-state index contributed by atoms with van der Waals surface area (Å²) >= 11 is 0. The zero-order valence-corrected chi connectivity index (χ0v) is 20.2. The molecule has 2 aliphatic carbocycles. The normalized spacial score (nSPS) is 26.4. The lowest BCUT2D eigenvalue weighted by molar-refractivity contribution is -0.130. The molecule has 1 aliphatic heterocycles. The molecular formula is C24H36F2N6O3. The molecule has 2 heterocycles. The van der Waals surface area contributed by atoms with Crippen LogP contribution in [0.1, 0.15) is 62.2 Å². The summed E-state index contributed by atoms with van der Waals surface area (Å²) < 4.78 is 29.0. The van der Waals surface area contributed by atoms with Crippen LogP contribution in [0.25, 0.3) is 0 Å². The number of hydrogen-bond donors (Lipinski definition) is 3. The molecule has 1 aromatic rings. The van der Waals surface area contributed by atoms with Crippen LogP contribution < -0.4 is 10.6 Å². The van der Waals surface area contributed by atoms with E-state index in [1.807, 2.05) is 0 Å². The molecule has 3 fully saturated rings. The maximum atomic E-state index is 13.1. The summed E-state index contributed by atoms with van der Waals surface area (Å²) in [4.78, 5) is 28.7. The van der Waals surface area contributed by atoms with Gasteiger partial charge in [-0.3, -0.25) is 4.79 Å². The van der Waals surface area contributed by atoms with Crippen molar-refractivity contribution < 1.29 is 23.4 Å². The number of aliphatic imine (C=N–C) groups is 1. The molecule has 1 saturated heterocycles. The second-order valence-electron chi connectivity index (χ2n) is 10.1. The number of aliphatic hydroxyl groups excluding tert-OH is 1. The van der Waals surface area contributed by atoms with Crippen molar-refractivity contribution in [1.29, 1.82) is 0 Å². The second kappa shape index (κ2) is 12.1. The van der Waals surface area contributed by atoms with E-state index in [9.17, 15) is 18.7 Å². The van der Waals surface area contributed by atoms with E-state index in [0.717, 1.165) is 57.7 Å². The third-order valence-corrected chi connectivity index (χ3v) is 6.83. The molecule has 1 aromatic heterocycles. The monoisotopic (exact) mass is 494 g/mol. The minimum atomic E-state index is -2.85. The second-order valence-corrected chi connectivity index (χ2v) is 10.1. The van der Waals surface area contributed by atoms with Crippen molar-refractivity contribution in [2.45, 2.75) is 76.7 Å². The molecule has 0 radical (unpaired) electrons. The number of ether oxygens (including phenoxy) is 1. The Morgan fingerprint density at radius 1 is 1.29 bits per heavy atom. The largest absolute Gasteiger partial charge is 0.393 e. The average Bonchev–Trinajstić information content (AvgIpc) is 3.54. The Bertz CT molecular complexity index is 877. The Balaban J connectivity index is 1.43. The highest BCUT2D eigenvalue weighted by molar-refractivity contribution is 5.98. The number of nitrogens with one attached hydrogen (secondary N) is 2. The lowest BCUT2D eigenvalue weighted by atomic mass is 9.88. The van der Waals surface area contributed by atoms with Gasteiger partial charge in [-0.05, 0) is 63.7 Å². The van der Waals surface area contributed by atoms with Crippen LogP contribution in [0.3, 0.4) is 0 Å². The van der Waals surface area contributed by atoms with Crippen LogP contribution in [-0.2, 0) is 4.74 Å². The Morgan fingerprint density at radius 3 is 2.77 bits per heavy atom. The molecule has 0 aromatic carbocycles. The predicted octanol–water partition coefficient (Wildman–Crippen LogP) is 2.98. The number of amides is 1. The molecule has 4 rings (SSSR count). The van der Waals surface area contributed by atoms with E-state index in [1.165, 1.54) is 19.0 Å². The van der Waals surface area contributed by atoms with Gasteiger partial charge in [0.1, 0.15) is 5.56 Å². The number of carbonyl (C=O) groups excluding carboxylic acids is 1. The van der Waals surface area contributed by atoms with Crippen LogP contribution >= 0.6 is 0 Å². The number of halogens is 2. The minimum Gasteiger partial charge on any atom is -0.393 e. The minimum absolute atomic E-state index is 0.0715. The molecule has 0 spiro atoms. The summed E-state index contributed by atoms with van der Waals surface area (Å²) in [5.41, 5.74) is 0.278. The highest BCUT2D eigenvalue weighted by atomic mass is 19.3. The summed E-state index contributed by atoms with van der Waals surface area (Å²) in [6.07, 6.45) is 9.57. The van der Waals surface area contributed by atoms with E-state index >= 15 is 0 Å². The van der Waals surface area contributed by atoms with Gasteiger partial charge in [-0.25, -0.2) is 9.98 Å². The Morgan fingerprint density at radius 2 is 2.06 bits per heavy atom. The molecule has 2 saturated carbocycles. The fraction of sp³-hybridized carbons (Fsp3) is 0.750. The van der Waals surface area contributed by atoms with Gasteiger partial charge in [-0.2, -0.15) is 13.8 Å². The first kappa shape index (κ1) is 25.8. The van der Waals surface area contributed by atoms with Gasteiger partial charge in [0.25, 0.3) is 5.91 Å². The van der Waals surface area contributed by atoms with Gasteiger partial charge < -0.3 is 25.4 Å². The summed E-state index contributed by atoms with van der Waals surface area (Å²) in [7, 11) is 0. The van der Waals surface area contributed by atoms with Crippen LogP contribution in [0.15, 0.2) is 11.2 Å². The van der Waals surface area contributed by atoms with E-state index in [1.54, 1.807) is 13.1 Å². The van der Waals surface area contributed by atoms with Crippen molar-refractivity contribution >= 4 is 23.9 Å². The zero-order valence-electron chi connectivity index (χ0n) is 20.2. The van der Waals surface area contributed by atoms with Gasteiger partial charge in [0.05, 0.1) is 12.7 Å². The molecule has 11 heteroatoms. The van der Waals surface area contributed by atoms with Crippen LogP contribution in [-0.4, -0.2) is 83.1 Å². The molecular weight excluding hydrogens is 458 g/mol. The Kier molecular flexibility index (Phi) is 8.96. The molecule has 35 heavy (non-hydrogen) atoms. The van der Waals surface area contributed by atoms with E-state index in [2.05, 4.69) is 35.2 Å². The topological polar surface area (TPSA) is 112 Å².